The number of aliphatic hydroxyl groups excluding tert-OH is 2. The van der Waals surface area contributed by atoms with Gasteiger partial charge in [-0.25, -0.2) is 5.48 Å². The van der Waals surface area contributed by atoms with Crippen molar-refractivity contribution >= 4 is 11.7 Å². The first-order valence-corrected chi connectivity index (χ1v) is 13.6. The van der Waals surface area contributed by atoms with Gasteiger partial charge >= 0.3 is 0 Å². The van der Waals surface area contributed by atoms with Gasteiger partial charge in [0.15, 0.2) is 5.78 Å². The third-order valence-corrected chi connectivity index (χ3v) is 12.4. The number of carbonyl (C=O) groups excluding carboxylic acids is 2. The molecule has 8 atom stereocenters. The van der Waals surface area contributed by atoms with E-state index in [2.05, 4.69) is 33.8 Å². The maximum absolute atomic E-state index is 12.9. The molecule has 6 heteroatoms. The number of ketones is 1. The number of hydroxylamine groups is 1. The highest BCUT2D eigenvalue weighted by Gasteiger charge is 2.67. The van der Waals surface area contributed by atoms with Crippen LogP contribution in [0.25, 0.3) is 0 Å². The molecule has 0 heterocycles. The lowest BCUT2D eigenvalue weighted by Gasteiger charge is -2.70. The number of carbonyl (C=O) groups is 2. The van der Waals surface area contributed by atoms with Gasteiger partial charge in [-0.15, -0.1) is 0 Å². The number of fused-ring (bicyclic) bond motifs is 7. The van der Waals surface area contributed by atoms with Crippen LogP contribution in [0, 0.1) is 38.4 Å². The number of allylic oxidation sites excluding steroid dienone is 4. The van der Waals surface area contributed by atoms with Crippen molar-refractivity contribution in [1.29, 1.82) is 0 Å². The normalized spacial score (nSPS) is 49.9. The van der Waals surface area contributed by atoms with Crippen molar-refractivity contribution in [3.63, 3.8) is 0 Å². The second-order valence-corrected chi connectivity index (χ2v) is 14.1. The average molecular weight is 498 g/mol. The van der Waals surface area contributed by atoms with Gasteiger partial charge in [0.1, 0.15) is 6.10 Å². The fourth-order valence-electron chi connectivity index (χ4n) is 9.31. The Labute approximate surface area is 214 Å². The van der Waals surface area contributed by atoms with Crippen LogP contribution in [0.3, 0.4) is 0 Å². The van der Waals surface area contributed by atoms with E-state index in [1.165, 1.54) is 5.57 Å². The van der Waals surface area contributed by atoms with Gasteiger partial charge in [0.2, 0.25) is 5.91 Å². The standard InChI is InChI=1S/C30H43NO5/c1-25-9-10-26(2,24(35)31-36)16-22(25)30(6)14-12-27(3)19-15-20(33)23(34)28(4,17-32)18(19)7-8-21(27)29(30,5)13-11-25/h7-8,15,22-23,32,34,36H,9-14,16-17H2,1-6H3,(H,31,35)/t22-,23+,25-,26-,27+,28+,29-,30+/m1/s1. The van der Waals surface area contributed by atoms with Crippen LogP contribution in [0.4, 0.5) is 0 Å². The lowest BCUT2D eigenvalue weighted by atomic mass is 9.34. The summed E-state index contributed by atoms with van der Waals surface area (Å²) >= 11 is 0. The summed E-state index contributed by atoms with van der Waals surface area (Å²) in [5, 5.41) is 30.4. The number of nitrogens with one attached hydrogen (secondary N) is 1. The van der Waals surface area contributed by atoms with Crippen molar-refractivity contribution < 1.29 is 25.0 Å². The van der Waals surface area contributed by atoms with E-state index in [9.17, 15) is 25.0 Å². The maximum Gasteiger partial charge on any atom is 0.249 e. The Kier molecular flexibility index (Phi) is 5.49. The van der Waals surface area contributed by atoms with Crippen LogP contribution in [-0.4, -0.2) is 39.8 Å². The van der Waals surface area contributed by atoms with Gasteiger partial charge in [0, 0.05) is 16.2 Å². The number of rotatable bonds is 2. The number of hydrogen-bond acceptors (Lipinski definition) is 5. The molecule has 0 saturated heterocycles. The summed E-state index contributed by atoms with van der Waals surface area (Å²) in [7, 11) is 0. The molecule has 0 aliphatic heterocycles. The molecule has 36 heavy (non-hydrogen) atoms. The molecule has 0 bridgehead atoms. The summed E-state index contributed by atoms with van der Waals surface area (Å²) in [6.45, 7) is 12.9. The lowest BCUT2D eigenvalue weighted by Crippen LogP contribution is -2.63. The Morgan fingerprint density at radius 3 is 2.28 bits per heavy atom. The zero-order valence-corrected chi connectivity index (χ0v) is 22.7. The van der Waals surface area contributed by atoms with Crippen LogP contribution < -0.4 is 5.48 Å². The molecule has 0 spiro atoms. The molecule has 1 amide bonds. The van der Waals surface area contributed by atoms with Crippen molar-refractivity contribution in [2.45, 2.75) is 92.6 Å². The molecule has 3 saturated carbocycles. The molecule has 0 radical (unpaired) electrons. The zero-order chi connectivity index (χ0) is 26.5. The maximum atomic E-state index is 12.9. The predicted molar refractivity (Wildman–Crippen MR) is 137 cm³/mol. The average Bonchev–Trinajstić information content (AvgIpc) is 2.85. The molecule has 5 aliphatic rings. The monoisotopic (exact) mass is 497 g/mol. The van der Waals surface area contributed by atoms with Crippen LogP contribution >= 0.6 is 0 Å². The summed E-state index contributed by atoms with van der Waals surface area (Å²) in [5.74, 6) is -0.283. The molecule has 0 unspecified atom stereocenters. The van der Waals surface area contributed by atoms with Crippen LogP contribution in [0.5, 0.6) is 0 Å². The van der Waals surface area contributed by atoms with Gasteiger partial charge < -0.3 is 10.2 Å². The summed E-state index contributed by atoms with van der Waals surface area (Å²) in [6.07, 6.45) is 11.1. The smallest absolute Gasteiger partial charge is 0.249 e. The highest BCUT2D eigenvalue weighted by molar-refractivity contribution is 5.98. The highest BCUT2D eigenvalue weighted by Crippen LogP contribution is 2.75. The second-order valence-electron chi connectivity index (χ2n) is 14.1. The summed E-state index contributed by atoms with van der Waals surface area (Å²) in [4.78, 5) is 25.7. The minimum Gasteiger partial charge on any atom is -0.395 e. The largest absolute Gasteiger partial charge is 0.395 e. The molecule has 0 aromatic heterocycles. The third kappa shape index (κ3) is 2.95. The molecule has 0 aromatic rings. The molecule has 4 N–H and O–H groups in total. The number of hydrogen-bond donors (Lipinski definition) is 4. The van der Waals surface area contributed by atoms with Crippen molar-refractivity contribution in [3.05, 3.63) is 34.9 Å². The Morgan fingerprint density at radius 2 is 1.64 bits per heavy atom. The van der Waals surface area contributed by atoms with Crippen molar-refractivity contribution in [2.24, 2.45) is 38.4 Å². The highest BCUT2D eigenvalue weighted by atomic mass is 16.5. The third-order valence-electron chi connectivity index (χ3n) is 12.4. The first-order chi connectivity index (χ1) is 16.7. The van der Waals surface area contributed by atoms with Gasteiger partial charge in [-0.3, -0.25) is 14.8 Å². The molecular weight excluding hydrogens is 454 g/mol. The van der Waals surface area contributed by atoms with Crippen LogP contribution in [-0.2, 0) is 9.59 Å². The summed E-state index contributed by atoms with van der Waals surface area (Å²) < 4.78 is 0. The molecule has 3 fully saturated rings. The lowest BCUT2D eigenvalue weighted by molar-refractivity contribution is -0.173. The van der Waals surface area contributed by atoms with Crippen molar-refractivity contribution in [3.8, 4) is 0 Å². The fraction of sp³-hybridized carbons (Fsp3) is 0.733. The SMILES string of the molecule is C[C@@]1(C(=O)NO)CC[C@]2(C)CC[C@]3(C)C4=CC=C5C(=CC(=O)[C@H](O)[C@@]5(C)CO)[C@]4(C)CC[C@@]3(C)[C@@H]2C1. The Morgan fingerprint density at radius 1 is 0.972 bits per heavy atom. The Bertz CT molecular complexity index is 1120. The second kappa shape index (κ2) is 7.64. The predicted octanol–water partition coefficient (Wildman–Crippen LogP) is 4.65. The van der Waals surface area contributed by atoms with Gasteiger partial charge in [-0.05, 0) is 84.3 Å². The van der Waals surface area contributed by atoms with Crippen molar-refractivity contribution in [1.82, 2.24) is 5.48 Å². The molecule has 198 valence electrons. The first kappa shape index (κ1) is 25.9. The minimum atomic E-state index is -1.24. The van der Waals surface area contributed by atoms with E-state index in [-0.39, 0.29) is 40.0 Å². The number of aliphatic hydroxyl groups is 2. The van der Waals surface area contributed by atoms with E-state index >= 15 is 0 Å². The van der Waals surface area contributed by atoms with Gasteiger partial charge in [0.05, 0.1) is 6.61 Å². The summed E-state index contributed by atoms with van der Waals surface area (Å²) in [6, 6.07) is 0. The fourth-order valence-corrected chi connectivity index (χ4v) is 9.31. The molecule has 0 aromatic carbocycles. The van der Waals surface area contributed by atoms with E-state index in [1.807, 2.05) is 18.5 Å². The summed E-state index contributed by atoms with van der Waals surface area (Å²) in [5.41, 5.74) is 3.13. The van der Waals surface area contributed by atoms with Crippen LogP contribution in [0.1, 0.15) is 86.5 Å². The first-order valence-electron chi connectivity index (χ1n) is 13.6. The van der Waals surface area contributed by atoms with Gasteiger partial charge in [-0.2, -0.15) is 0 Å². The van der Waals surface area contributed by atoms with E-state index in [0.29, 0.717) is 5.92 Å². The van der Waals surface area contributed by atoms with Crippen LogP contribution in [0.15, 0.2) is 34.9 Å². The molecular formula is C30H43NO5. The Balaban J connectivity index is 1.64. The molecule has 5 rings (SSSR count). The van der Waals surface area contributed by atoms with Crippen LogP contribution in [0.2, 0.25) is 0 Å². The minimum absolute atomic E-state index is 0.0485. The van der Waals surface area contributed by atoms with Gasteiger partial charge in [-0.1, -0.05) is 59.3 Å². The van der Waals surface area contributed by atoms with Crippen molar-refractivity contribution in [2.75, 3.05) is 6.61 Å². The molecule has 6 nitrogen and oxygen atoms in total. The quantitative estimate of drug-likeness (QED) is 0.328. The Hall–Kier alpha value is -1.76. The topological polar surface area (TPSA) is 107 Å². The van der Waals surface area contributed by atoms with Gasteiger partial charge in [0.25, 0.3) is 0 Å². The van der Waals surface area contributed by atoms with E-state index in [0.717, 1.165) is 56.1 Å². The zero-order valence-electron chi connectivity index (χ0n) is 22.7. The van der Waals surface area contributed by atoms with E-state index in [4.69, 9.17) is 0 Å². The van der Waals surface area contributed by atoms with E-state index in [1.54, 1.807) is 13.0 Å². The van der Waals surface area contributed by atoms with E-state index < -0.39 is 16.9 Å². The molecule has 5 aliphatic carbocycles. The number of amides is 1.